The van der Waals surface area contributed by atoms with Gasteiger partial charge < -0.3 is 0 Å². The van der Waals surface area contributed by atoms with Crippen LogP contribution in [-0.2, 0) is 9.59 Å². The summed E-state index contributed by atoms with van der Waals surface area (Å²) >= 11 is 6.74. The van der Waals surface area contributed by atoms with Gasteiger partial charge in [0, 0.05) is 13.1 Å². The van der Waals surface area contributed by atoms with Gasteiger partial charge in [-0.1, -0.05) is 50.4 Å². The van der Waals surface area contributed by atoms with Crippen LogP contribution in [0.3, 0.4) is 0 Å². The third kappa shape index (κ3) is 6.02. The van der Waals surface area contributed by atoms with E-state index in [9.17, 15) is 9.59 Å². The Morgan fingerprint density at radius 1 is 0.714 bits per heavy atom. The first-order valence-corrected chi connectivity index (χ1v) is 14.7. The molecular weight excluding hydrogens is 548 g/mol. The van der Waals surface area contributed by atoms with E-state index in [0.717, 1.165) is 51.1 Å². The number of hydrogen-bond donors (Lipinski definition) is 0. The van der Waals surface area contributed by atoms with Crippen LogP contribution in [0.25, 0.3) is 20.4 Å². The van der Waals surface area contributed by atoms with Crippen LogP contribution >= 0.6 is 38.6 Å². The summed E-state index contributed by atoms with van der Waals surface area (Å²) in [5.74, 6) is 0.109. The number of hydrogen-bond acceptors (Lipinski definition) is 8. The van der Waals surface area contributed by atoms with E-state index in [1.165, 1.54) is 22.7 Å². The average molecular weight is 584 g/mol. The van der Waals surface area contributed by atoms with Gasteiger partial charge in [-0.2, -0.15) is 0 Å². The quantitative estimate of drug-likeness (QED) is 0.297. The van der Waals surface area contributed by atoms with Crippen LogP contribution in [0.15, 0.2) is 10.5 Å². The molecule has 0 saturated carbocycles. The molecule has 0 radical (unpaired) electrons. The number of amides is 2. The zero-order valence-electron chi connectivity index (χ0n) is 21.4. The lowest BCUT2D eigenvalue weighted by Crippen LogP contribution is -2.40. The van der Waals surface area contributed by atoms with E-state index in [0.29, 0.717) is 36.4 Å². The van der Waals surface area contributed by atoms with Gasteiger partial charge in [0.2, 0.25) is 11.8 Å². The first-order chi connectivity index (χ1) is 16.8. The fraction of sp³-hybridized carbons (Fsp3) is 0.583. The summed E-state index contributed by atoms with van der Waals surface area (Å²) < 4.78 is 2.77. The second-order valence-electron chi connectivity index (χ2n) is 8.08. The number of aromatic nitrogens is 2. The fourth-order valence-electron chi connectivity index (χ4n) is 3.90. The van der Waals surface area contributed by atoms with Gasteiger partial charge in [-0.05, 0) is 62.0 Å². The number of nitrogens with zero attached hydrogens (tertiary/aromatic N) is 6. The van der Waals surface area contributed by atoms with E-state index < -0.39 is 0 Å². The Morgan fingerprint density at radius 2 is 1.09 bits per heavy atom. The Bertz CT molecular complexity index is 1090. The van der Waals surface area contributed by atoms with E-state index in [1.807, 2.05) is 13.8 Å². The van der Waals surface area contributed by atoms with Crippen LogP contribution in [0.5, 0.6) is 0 Å². The molecule has 35 heavy (non-hydrogen) atoms. The first kappa shape index (κ1) is 27.9. The van der Waals surface area contributed by atoms with E-state index in [-0.39, 0.29) is 11.8 Å². The summed E-state index contributed by atoms with van der Waals surface area (Å²) in [5, 5.41) is 1.39. The summed E-state index contributed by atoms with van der Waals surface area (Å²) in [6, 6.07) is 2.07. The van der Waals surface area contributed by atoms with Gasteiger partial charge in [0.15, 0.2) is 10.3 Å². The van der Waals surface area contributed by atoms with Crippen molar-refractivity contribution < 1.29 is 9.59 Å². The molecule has 3 rings (SSSR count). The topological polar surface area (TPSA) is 72.9 Å². The van der Waals surface area contributed by atoms with Crippen molar-refractivity contribution in [3.8, 4) is 0 Å². The average Bonchev–Trinajstić information content (AvgIpc) is 3.46. The second-order valence-corrected chi connectivity index (χ2v) is 10.9. The smallest absolute Gasteiger partial charge is 0.242 e. The molecule has 0 aliphatic heterocycles. The van der Waals surface area contributed by atoms with Crippen molar-refractivity contribution >= 4 is 81.1 Å². The third-order valence-electron chi connectivity index (χ3n) is 6.17. The summed E-state index contributed by atoms with van der Waals surface area (Å²) in [6.07, 6.45) is 0. The van der Waals surface area contributed by atoms with Gasteiger partial charge in [0.1, 0.15) is 11.0 Å². The molecule has 2 amide bonds. The Balaban J connectivity index is 1.94. The minimum atomic E-state index is 0.0545. The number of anilines is 2. The molecule has 8 nitrogen and oxygen atoms in total. The molecule has 2 heterocycles. The van der Waals surface area contributed by atoms with Crippen LogP contribution < -0.4 is 9.80 Å². The Labute approximate surface area is 224 Å². The number of likely N-dealkylation sites (N-methyl/N-ethyl adjacent to an activating group) is 4. The number of fused-ring (bicyclic) bond motifs is 2. The number of halogens is 1. The number of rotatable bonds is 12. The van der Waals surface area contributed by atoms with Crippen LogP contribution in [0.4, 0.5) is 10.3 Å². The minimum Gasteiger partial charge on any atom is -0.295 e. The van der Waals surface area contributed by atoms with Crippen LogP contribution in [0.2, 0.25) is 0 Å². The maximum Gasteiger partial charge on any atom is 0.242 e. The lowest BCUT2D eigenvalue weighted by molar-refractivity contribution is -0.120. The molecule has 0 atom stereocenters. The highest BCUT2D eigenvalue weighted by atomic mass is 79.9. The second kappa shape index (κ2) is 12.5. The van der Waals surface area contributed by atoms with Gasteiger partial charge >= 0.3 is 0 Å². The van der Waals surface area contributed by atoms with Gasteiger partial charge in [-0.3, -0.25) is 29.2 Å². The normalized spacial score (nSPS) is 11.8. The molecule has 0 fully saturated rings. The molecule has 0 N–H and O–H groups in total. The van der Waals surface area contributed by atoms with E-state index >= 15 is 0 Å². The van der Waals surface area contributed by atoms with Gasteiger partial charge in [-0.25, -0.2) is 9.97 Å². The van der Waals surface area contributed by atoms with Crippen LogP contribution in [0.1, 0.15) is 41.5 Å². The van der Waals surface area contributed by atoms with Crippen LogP contribution in [-0.4, -0.2) is 83.9 Å². The van der Waals surface area contributed by atoms with E-state index in [1.54, 1.807) is 9.80 Å². The fourth-order valence-corrected chi connectivity index (χ4v) is 7.03. The molecule has 0 aliphatic carbocycles. The maximum absolute atomic E-state index is 13.0. The van der Waals surface area contributed by atoms with Crippen molar-refractivity contribution in [2.75, 3.05) is 62.2 Å². The number of thiazole rings is 2. The van der Waals surface area contributed by atoms with Crippen molar-refractivity contribution in [2.45, 2.75) is 41.5 Å². The molecule has 11 heteroatoms. The molecule has 0 unspecified atom stereocenters. The third-order valence-corrected chi connectivity index (χ3v) is 8.97. The monoisotopic (exact) mass is 582 g/mol. The van der Waals surface area contributed by atoms with Crippen molar-refractivity contribution in [2.24, 2.45) is 0 Å². The van der Waals surface area contributed by atoms with Crippen molar-refractivity contribution in [3.05, 3.63) is 10.5 Å². The molecule has 0 bridgehead atoms. The van der Waals surface area contributed by atoms with Crippen molar-refractivity contribution in [1.82, 2.24) is 19.8 Å². The predicted molar refractivity (Wildman–Crippen MR) is 152 cm³/mol. The molecular formula is C24H35BrN6O2S2. The minimum absolute atomic E-state index is 0.0545. The van der Waals surface area contributed by atoms with Gasteiger partial charge in [0.05, 0.1) is 27.0 Å². The standard InChI is InChI=1S/C24H35BrN6O2S2/c1-7-28(8-2)14-18(32)30(11-5)23-26-21-16(34-23)13-17-22(20(21)25)27-24(35-17)31(12-6)19(33)15-29(9-3)10-4/h13H,7-12,14-15H2,1-6H3. The number of benzene rings is 1. The zero-order valence-corrected chi connectivity index (χ0v) is 24.6. The Morgan fingerprint density at radius 3 is 1.40 bits per heavy atom. The summed E-state index contributed by atoms with van der Waals surface area (Å²) in [6.45, 7) is 17.4. The van der Waals surface area contributed by atoms with E-state index in [2.05, 4.69) is 59.5 Å². The predicted octanol–water partition coefficient (Wildman–Crippen LogP) is 5.06. The zero-order chi connectivity index (χ0) is 25.7. The van der Waals surface area contributed by atoms with Crippen molar-refractivity contribution in [1.29, 1.82) is 0 Å². The SMILES string of the molecule is CCN(CC)CC(=O)N(CC)c1nc2c(Br)c3nc(N(CC)C(=O)CN(CC)CC)sc3cc2s1. The molecule has 0 spiro atoms. The highest BCUT2D eigenvalue weighted by Crippen LogP contribution is 2.41. The molecule has 3 aromatic rings. The number of carbonyl (C=O) groups excluding carboxylic acids is 2. The Hall–Kier alpha value is -1.66. The highest BCUT2D eigenvalue weighted by molar-refractivity contribution is 9.10. The molecule has 1 aromatic carbocycles. The lowest BCUT2D eigenvalue weighted by atomic mass is 10.3. The molecule has 2 aromatic heterocycles. The largest absolute Gasteiger partial charge is 0.295 e. The summed E-state index contributed by atoms with van der Waals surface area (Å²) in [5.41, 5.74) is 1.59. The van der Waals surface area contributed by atoms with E-state index in [4.69, 9.17) is 9.97 Å². The van der Waals surface area contributed by atoms with Gasteiger partial charge in [-0.15, -0.1) is 0 Å². The number of carbonyl (C=O) groups is 2. The molecule has 0 saturated heterocycles. The summed E-state index contributed by atoms with van der Waals surface area (Å²) in [7, 11) is 0. The summed E-state index contributed by atoms with van der Waals surface area (Å²) in [4.78, 5) is 43.3. The molecule has 192 valence electrons. The highest BCUT2D eigenvalue weighted by Gasteiger charge is 2.24. The lowest BCUT2D eigenvalue weighted by Gasteiger charge is -2.23. The maximum atomic E-state index is 13.0. The first-order valence-electron chi connectivity index (χ1n) is 12.3. The molecule has 0 aliphatic rings. The van der Waals surface area contributed by atoms with Crippen molar-refractivity contribution in [3.63, 3.8) is 0 Å². The van der Waals surface area contributed by atoms with Gasteiger partial charge in [0.25, 0.3) is 0 Å². The Kier molecular flexibility index (Phi) is 10.00. The van der Waals surface area contributed by atoms with Crippen LogP contribution in [0, 0.1) is 0 Å².